The standard InChI is InChI=1S/C28H32N2O7/c1-3-15-37-21-8-5-19(6-9-21)26(32)24-25(20-7-10-22(31)23(18-20)35-2)30(28(34)27(24)33)12-4-11-29-13-16-36-17-14-29/h3,5-10,18,25,31-32H,1,4,11-17H2,2H3/b26-24-. The number of morpholine rings is 1. The lowest BCUT2D eigenvalue weighted by atomic mass is 9.95. The van der Waals surface area contributed by atoms with Gasteiger partial charge in [-0.2, -0.15) is 0 Å². The predicted molar refractivity (Wildman–Crippen MR) is 138 cm³/mol. The van der Waals surface area contributed by atoms with Gasteiger partial charge in [-0.15, -0.1) is 0 Å². The number of phenols is 1. The van der Waals surface area contributed by atoms with E-state index in [4.69, 9.17) is 14.2 Å². The Morgan fingerprint density at radius 1 is 1.14 bits per heavy atom. The van der Waals surface area contributed by atoms with Gasteiger partial charge in [0.05, 0.1) is 31.9 Å². The number of aliphatic hydroxyl groups is 1. The monoisotopic (exact) mass is 508 g/mol. The molecule has 4 rings (SSSR count). The van der Waals surface area contributed by atoms with Crippen LogP contribution in [0.1, 0.15) is 23.6 Å². The van der Waals surface area contributed by atoms with Gasteiger partial charge >= 0.3 is 0 Å². The summed E-state index contributed by atoms with van der Waals surface area (Å²) < 4.78 is 16.2. The third-order valence-corrected chi connectivity index (χ3v) is 6.53. The van der Waals surface area contributed by atoms with Crippen molar-refractivity contribution < 1.29 is 34.0 Å². The Hall–Kier alpha value is -3.82. The van der Waals surface area contributed by atoms with Gasteiger partial charge in [0.25, 0.3) is 11.7 Å². The molecule has 1 unspecified atom stereocenters. The summed E-state index contributed by atoms with van der Waals surface area (Å²) in [4.78, 5) is 30.2. The summed E-state index contributed by atoms with van der Waals surface area (Å²) >= 11 is 0. The van der Waals surface area contributed by atoms with E-state index < -0.39 is 17.7 Å². The van der Waals surface area contributed by atoms with Crippen LogP contribution in [0.5, 0.6) is 17.2 Å². The normalized spacial score (nSPS) is 19.7. The van der Waals surface area contributed by atoms with Crippen LogP contribution in [-0.2, 0) is 14.3 Å². The molecule has 0 aromatic heterocycles. The molecule has 37 heavy (non-hydrogen) atoms. The zero-order valence-corrected chi connectivity index (χ0v) is 20.9. The summed E-state index contributed by atoms with van der Waals surface area (Å²) in [6.07, 6.45) is 2.27. The number of aromatic hydroxyl groups is 1. The molecule has 1 amide bonds. The number of phenolic OH excluding ortho intramolecular Hbond substituents is 1. The molecule has 0 bridgehead atoms. The molecule has 2 aromatic rings. The van der Waals surface area contributed by atoms with Crippen molar-refractivity contribution in [2.75, 3.05) is 53.1 Å². The maximum atomic E-state index is 13.3. The number of hydrogen-bond donors (Lipinski definition) is 2. The van der Waals surface area contributed by atoms with Gasteiger partial charge in [0.2, 0.25) is 0 Å². The molecule has 9 nitrogen and oxygen atoms in total. The van der Waals surface area contributed by atoms with Crippen LogP contribution < -0.4 is 9.47 Å². The lowest BCUT2D eigenvalue weighted by Gasteiger charge is -2.29. The largest absolute Gasteiger partial charge is 0.507 e. The SMILES string of the molecule is C=CCOc1ccc(/C(O)=C2/C(=O)C(=O)N(CCCN3CCOCC3)C2c2ccc(O)c(OC)c2)cc1. The van der Waals surface area contributed by atoms with Crippen molar-refractivity contribution in [3.63, 3.8) is 0 Å². The average molecular weight is 509 g/mol. The third kappa shape index (κ3) is 5.79. The summed E-state index contributed by atoms with van der Waals surface area (Å²) in [6, 6.07) is 10.4. The van der Waals surface area contributed by atoms with E-state index in [-0.39, 0.29) is 22.8 Å². The summed E-state index contributed by atoms with van der Waals surface area (Å²) in [5, 5.41) is 21.4. The molecule has 0 spiro atoms. The number of methoxy groups -OCH3 is 1. The van der Waals surface area contributed by atoms with Crippen LogP contribution in [0, 0.1) is 0 Å². The molecule has 0 aliphatic carbocycles. The molecule has 2 aliphatic heterocycles. The smallest absolute Gasteiger partial charge is 0.295 e. The second-order valence-corrected chi connectivity index (χ2v) is 8.86. The van der Waals surface area contributed by atoms with Crippen molar-refractivity contribution in [2.24, 2.45) is 0 Å². The molecule has 2 fully saturated rings. The van der Waals surface area contributed by atoms with Crippen molar-refractivity contribution in [1.29, 1.82) is 0 Å². The molecule has 2 N–H and O–H groups in total. The molecular weight excluding hydrogens is 476 g/mol. The molecule has 0 saturated carbocycles. The minimum Gasteiger partial charge on any atom is -0.507 e. The highest BCUT2D eigenvalue weighted by molar-refractivity contribution is 6.46. The average Bonchev–Trinajstić information content (AvgIpc) is 3.17. The van der Waals surface area contributed by atoms with Crippen molar-refractivity contribution in [3.8, 4) is 17.2 Å². The number of ether oxygens (including phenoxy) is 3. The fourth-order valence-corrected chi connectivity index (χ4v) is 4.63. The first-order valence-corrected chi connectivity index (χ1v) is 12.2. The topological polar surface area (TPSA) is 109 Å². The number of hydrogen-bond acceptors (Lipinski definition) is 8. The van der Waals surface area contributed by atoms with Crippen molar-refractivity contribution in [1.82, 2.24) is 9.80 Å². The second kappa shape index (κ2) is 11.9. The Labute approximate surface area is 216 Å². The van der Waals surface area contributed by atoms with Gasteiger partial charge < -0.3 is 29.3 Å². The van der Waals surface area contributed by atoms with Gasteiger partial charge in [0, 0.05) is 31.7 Å². The Balaban J connectivity index is 1.68. The quantitative estimate of drug-likeness (QED) is 0.218. The van der Waals surface area contributed by atoms with Gasteiger partial charge in [0.15, 0.2) is 11.5 Å². The molecule has 0 radical (unpaired) electrons. The number of likely N-dealkylation sites (tertiary alicyclic amines) is 1. The Morgan fingerprint density at radius 2 is 1.86 bits per heavy atom. The minimum atomic E-state index is -0.837. The van der Waals surface area contributed by atoms with Crippen molar-refractivity contribution in [3.05, 3.63) is 71.8 Å². The first-order valence-electron chi connectivity index (χ1n) is 12.2. The number of Topliss-reactive ketones (excluding diaryl/α,β-unsaturated/α-hetero) is 1. The van der Waals surface area contributed by atoms with Gasteiger partial charge in [-0.05, 0) is 48.4 Å². The second-order valence-electron chi connectivity index (χ2n) is 8.86. The number of amides is 1. The molecule has 2 heterocycles. The third-order valence-electron chi connectivity index (χ3n) is 6.53. The number of ketones is 1. The minimum absolute atomic E-state index is 0.0103. The van der Waals surface area contributed by atoms with E-state index in [1.807, 2.05) is 0 Å². The van der Waals surface area contributed by atoms with E-state index >= 15 is 0 Å². The van der Waals surface area contributed by atoms with Crippen molar-refractivity contribution in [2.45, 2.75) is 12.5 Å². The molecule has 2 aliphatic rings. The number of carbonyl (C=O) groups excluding carboxylic acids is 2. The van der Waals surface area contributed by atoms with Crippen LogP contribution in [-0.4, -0.2) is 84.8 Å². The number of aliphatic hydroxyl groups excluding tert-OH is 1. The number of nitrogens with zero attached hydrogens (tertiary/aromatic N) is 2. The van der Waals surface area contributed by atoms with Crippen LogP contribution in [0.15, 0.2) is 60.7 Å². The number of carbonyl (C=O) groups is 2. The van der Waals surface area contributed by atoms with Crippen LogP contribution in [0.3, 0.4) is 0 Å². The van der Waals surface area contributed by atoms with Gasteiger partial charge in [-0.25, -0.2) is 0 Å². The summed E-state index contributed by atoms with van der Waals surface area (Å²) in [6.45, 7) is 8.03. The van der Waals surface area contributed by atoms with Gasteiger partial charge in [0.1, 0.15) is 18.1 Å². The Bertz CT molecular complexity index is 1170. The fraction of sp³-hybridized carbons (Fsp3) is 0.357. The van der Waals surface area contributed by atoms with Crippen LogP contribution in [0.2, 0.25) is 0 Å². The highest BCUT2D eigenvalue weighted by Crippen LogP contribution is 2.42. The first kappa shape index (κ1) is 26.2. The van der Waals surface area contributed by atoms with E-state index in [0.717, 1.165) is 19.6 Å². The molecule has 1 atom stereocenters. The lowest BCUT2D eigenvalue weighted by molar-refractivity contribution is -0.140. The maximum absolute atomic E-state index is 13.3. The van der Waals surface area contributed by atoms with E-state index in [2.05, 4.69) is 11.5 Å². The van der Waals surface area contributed by atoms with Crippen LogP contribution >= 0.6 is 0 Å². The van der Waals surface area contributed by atoms with Crippen LogP contribution in [0.4, 0.5) is 0 Å². The molecule has 2 aromatic carbocycles. The highest BCUT2D eigenvalue weighted by Gasteiger charge is 2.46. The summed E-state index contributed by atoms with van der Waals surface area (Å²) in [5.74, 6) is -0.980. The van der Waals surface area contributed by atoms with E-state index in [1.54, 1.807) is 42.5 Å². The molecule has 2 saturated heterocycles. The summed E-state index contributed by atoms with van der Waals surface area (Å²) in [7, 11) is 1.42. The maximum Gasteiger partial charge on any atom is 0.295 e. The summed E-state index contributed by atoms with van der Waals surface area (Å²) in [5.41, 5.74) is 0.921. The van der Waals surface area contributed by atoms with Gasteiger partial charge in [-0.3, -0.25) is 14.5 Å². The Morgan fingerprint density at radius 3 is 2.54 bits per heavy atom. The first-order chi connectivity index (χ1) is 17.9. The van der Waals surface area contributed by atoms with E-state index in [9.17, 15) is 19.8 Å². The fourth-order valence-electron chi connectivity index (χ4n) is 4.63. The number of rotatable bonds is 10. The molecular formula is C28H32N2O7. The van der Waals surface area contributed by atoms with Gasteiger partial charge in [-0.1, -0.05) is 18.7 Å². The van der Waals surface area contributed by atoms with Crippen LogP contribution in [0.25, 0.3) is 5.76 Å². The molecule has 9 heteroatoms. The zero-order valence-electron chi connectivity index (χ0n) is 20.9. The van der Waals surface area contributed by atoms with Crippen molar-refractivity contribution >= 4 is 17.4 Å². The Kier molecular flexibility index (Phi) is 8.47. The zero-order chi connectivity index (χ0) is 26.4. The highest BCUT2D eigenvalue weighted by atomic mass is 16.5. The van der Waals surface area contributed by atoms with E-state index in [1.165, 1.54) is 18.1 Å². The lowest BCUT2D eigenvalue weighted by Crippen LogP contribution is -2.38. The predicted octanol–water partition coefficient (Wildman–Crippen LogP) is 3.11. The van der Waals surface area contributed by atoms with E-state index in [0.29, 0.717) is 49.7 Å². The number of benzene rings is 2. The molecule has 196 valence electrons.